The van der Waals surface area contributed by atoms with Gasteiger partial charge < -0.3 is 4.90 Å². The zero-order chi connectivity index (χ0) is 14.0. The first-order valence-electron chi connectivity index (χ1n) is 6.51. The molecule has 0 radical (unpaired) electrons. The molecule has 2 rings (SSSR count). The number of aromatic nitrogens is 1. The predicted molar refractivity (Wildman–Crippen MR) is 72.9 cm³/mol. The second-order valence-corrected chi connectivity index (χ2v) is 5.17. The number of imide groups is 1. The van der Waals surface area contributed by atoms with Gasteiger partial charge in [0.2, 0.25) is 11.8 Å². The standard InChI is InChI=1S/C14H19N3O2/c1-9(2)11-5-4-10(8-15-11)17(3)12-6-7-13(18)16-14(12)19/h4-5,8-9,12H,6-7H2,1-3H3,(H,16,18,19). The molecule has 1 saturated heterocycles. The molecule has 19 heavy (non-hydrogen) atoms. The van der Waals surface area contributed by atoms with Crippen LogP contribution < -0.4 is 10.2 Å². The van der Waals surface area contributed by atoms with E-state index in [2.05, 4.69) is 24.1 Å². The number of likely N-dealkylation sites (N-methyl/N-ethyl adjacent to an activating group) is 1. The molecule has 1 aromatic heterocycles. The molecule has 1 fully saturated rings. The van der Waals surface area contributed by atoms with E-state index >= 15 is 0 Å². The molecular formula is C14H19N3O2. The van der Waals surface area contributed by atoms with E-state index in [1.807, 2.05) is 24.1 Å². The van der Waals surface area contributed by atoms with Crippen molar-refractivity contribution in [1.82, 2.24) is 10.3 Å². The van der Waals surface area contributed by atoms with Crippen molar-refractivity contribution in [3.05, 3.63) is 24.0 Å². The van der Waals surface area contributed by atoms with Crippen molar-refractivity contribution in [2.24, 2.45) is 0 Å². The second kappa shape index (κ2) is 5.38. The second-order valence-electron chi connectivity index (χ2n) is 5.17. The number of amides is 2. The number of piperidine rings is 1. The quantitative estimate of drug-likeness (QED) is 0.836. The summed E-state index contributed by atoms with van der Waals surface area (Å²) >= 11 is 0. The largest absolute Gasteiger partial charge is 0.361 e. The minimum atomic E-state index is -0.301. The zero-order valence-corrected chi connectivity index (χ0v) is 11.5. The molecule has 2 amide bonds. The lowest BCUT2D eigenvalue weighted by atomic mass is 10.0. The van der Waals surface area contributed by atoms with Gasteiger partial charge in [-0.3, -0.25) is 19.9 Å². The van der Waals surface area contributed by atoms with Crippen LogP contribution in [0.1, 0.15) is 38.3 Å². The first kappa shape index (κ1) is 13.5. The molecule has 5 heteroatoms. The molecule has 1 N–H and O–H groups in total. The van der Waals surface area contributed by atoms with E-state index < -0.39 is 0 Å². The first-order chi connectivity index (χ1) is 8.99. The number of anilines is 1. The van der Waals surface area contributed by atoms with Gasteiger partial charge in [0.15, 0.2) is 0 Å². The zero-order valence-electron chi connectivity index (χ0n) is 11.5. The Balaban J connectivity index is 2.12. The third kappa shape index (κ3) is 2.92. The fraction of sp³-hybridized carbons (Fsp3) is 0.500. The Hall–Kier alpha value is -1.91. The van der Waals surface area contributed by atoms with Gasteiger partial charge in [-0.1, -0.05) is 13.8 Å². The maximum absolute atomic E-state index is 11.8. The van der Waals surface area contributed by atoms with Gasteiger partial charge in [-0.15, -0.1) is 0 Å². The van der Waals surface area contributed by atoms with E-state index in [0.29, 0.717) is 18.8 Å². The smallest absolute Gasteiger partial charge is 0.249 e. The van der Waals surface area contributed by atoms with Crippen LogP contribution in [0.3, 0.4) is 0 Å². The molecule has 1 aliphatic rings. The van der Waals surface area contributed by atoms with E-state index in [1.165, 1.54) is 0 Å². The third-order valence-electron chi connectivity index (χ3n) is 3.45. The van der Waals surface area contributed by atoms with Gasteiger partial charge >= 0.3 is 0 Å². The number of rotatable bonds is 3. The van der Waals surface area contributed by atoms with Crippen molar-refractivity contribution in [1.29, 1.82) is 0 Å². The lowest BCUT2D eigenvalue weighted by Crippen LogP contribution is -2.51. The van der Waals surface area contributed by atoms with Crippen molar-refractivity contribution < 1.29 is 9.59 Å². The maximum atomic E-state index is 11.8. The number of carbonyl (C=O) groups is 2. The normalized spacial score (nSPS) is 19.5. The highest BCUT2D eigenvalue weighted by Gasteiger charge is 2.30. The van der Waals surface area contributed by atoms with Crippen molar-refractivity contribution in [3.8, 4) is 0 Å². The van der Waals surface area contributed by atoms with Crippen LogP contribution in [0.4, 0.5) is 5.69 Å². The summed E-state index contributed by atoms with van der Waals surface area (Å²) in [7, 11) is 1.85. The van der Waals surface area contributed by atoms with E-state index in [-0.39, 0.29) is 17.9 Å². The van der Waals surface area contributed by atoms with Gasteiger partial charge in [-0.2, -0.15) is 0 Å². The molecular weight excluding hydrogens is 242 g/mol. The van der Waals surface area contributed by atoms with Crippen LogP contribution in [0.5, 0.6) is 0 Å². The minimum absolute atomic E-state index is 0.192. The van der Waals surface area contributed by atoms with E-state index in [4.69, 9.17) is 0 Å². The number of carbonyl (C=O) groups excluding carboxylic acids is 2. The topological polar surface area (TPSA) is 62.3 Å². The average molecular weight is 261 g/mol. The number of pyridine rings is 1. The van der Waals surface area contributed by atoms with Gasteiger partial charge in [-0.25, -0.2) is 0 Å². The predicted octanol–water partition coefficient (Wildman–Crippen LogP) is 1.45. The summed E-state index contributed by atoms with van der Waals surface area (Å²) in [6, 6.07) is 3.64. The van der Waals surface area contributed by atoms with Crippen LogP contribution in [0.2, 0.25) is 0 Å². The number of hydrogen-bond acceptors (Lipinski definition) is 4. The molecule has 1 atom stereocenters. The van der Waals surface area contributed by atoms with Crippen LogP contribution in [0.25, 0.3) is 0 Å². The molecule has 0 saturated carbocycles. The Morgan fingerprint density at radius 1 is 1.37 bits per heavy atom. The molecule has 0 aromatic carbocycles. The molecule has 0 aliphatic carbocycles. The summed E-state index contributed by atoms with van der Waals surface area (Å²) in [5, 5.41) is 2.37. The monoisotopic (exact) mass is 261 g/mol. The molecule has 2 heterocycles. The van der Waals surface area contributed by atoms with Crippen molar-refractivity contribution in [2.75, 3.05) is 11.9 Å². The SMILES string of the molecule is CC(C)c1ccc(N(C)C2CCC(=O)NC2=O)cn1. The number of nitrogens with one attached hydrogen (secondary N) is 1. The maximum Gasteiger partial charge on any atom is 0.249 e. The van der Waals surface area contributed by atoms with E-state index in [0.717, 1.165) is 11.4 Å². The van der Waals surface area contributed by atoms with Gasteiger partial charge in [-0.05, 0) is 24.5 Å². The van der Waals surface area contributed by atoms with Crippen LogP contribution >= 0.6 is 0 Å². The van der Waals surface area contributed by atoms with Gasteiger partial charge in [0.1, 0.15) is 6.04 Å². The van der Waals surface area contributed by atoms with Crippen molar-refractivity contribution in [2.45, 2.75) is 38.6 Å². The highest BCUT2D eigenvalue weighted by molar-refractivity contribution is 6.01. The summed E-state index contributed by atoms with van der Waals surface area (Å²) in [5.74, 6) is -0.0374. The lowest BCUT2D eigenvalue weighted by Gasteiger charge is -2.31. The van der Waals surface area contributed by atoms with E-state index in [1.54, 1.807) is 6.20 Å². The Morgan fingerprint density at radius 3 is 2.63 bits per heavy atom. The summed E-state index contributed by atoms with van der Waals surface area (Å²) in [4.78, 5) is 29.2. The third-order valence-corrected chi connectivity index (χ3v) is 3.45. The van der Waals surface area contributed by atoms with Crippen LogP contribution in [-0.4, -0.2) is 29.9 Å². The minimum Gasteiger partial charge on any atom is -0.361 e. The van der Waals surface area contributed by atoms with Crippen molar-refractivity contribution >= 4 is 17.5 Å². The Kier molecular flexibility index (Phi) is 3.83. The number of nitrogens with zero attached hydrogens (tertiary/aromatic N) is 2. The van der Waals surface area contributed by atoms with Gasteiger partial charge in [0.25, 0.3) is 0 Å². The Morgan fingerprint density at radius 2 is 2.11 bits per heavy atom. The van der Waals surface area contributed by atoms with Gasteiger partial charge in [0.05, 0.1) is 11.9 Å². The molecule has 1 aromatic rings. The fourth-order valence-electron chi connectivity index (χ4n) is 2.18. The summed E-state index contributed by atoms with van der Waals surface area (Å²) in [6.45, 7) is 4.18. The van der Waals surface area contributed by atoms with Crippen LogP contribution in [0.15, 0.2) is 18.3 Å². The summed E-state index contributed by atoms with van der Waals surface area (Å²) in [5.41, 5.74) is 1.92. The summed E-state index contributed by atoms with van der Waals surface area (Å²) < 4.78 is 0. The summed E-state index contributed by atoms with van der Waals surface area (Å²) in [6.07, 6.45) is 2.71. The molecule has 1 aliphatic heterocycles. The fourth-order valence-corrected chi connectivity index (χ4v) is 2.18. The van der Waals surface area contributed by atoms with Crippen LogP contribution in [-0.2, 0) is 9.59 Å². The number of hydrogen-bond donors (Lipinski definition) is 1. The first-order valence-corrected chi connectivity index (χ1v) is 6.51. The van der Waals surface area contributed by atoms with Crippen LogP contribution in [0, 0.1) is 0 Å². The van der Waals surface area contributed by atoms with Gasteiger partial charge in [0, 0.05) is 19.2 Å². The van der Waals surface area contributed by atoms with E-state index in [9.17, 15) is 9.59 Å². The average Bonchev–Trinajstić information content (AvgIpc) is 2.38. The molecule has 1 unspecified atom stereocenters. The molecule has 0 spiro atoms. The van der Waals surface area contributed by atoms with Crippen molar-refractivity contribution in [3.63, 3.8) is 0 Å². The highest BCUT2D eigenvalue weighted by atomic mass is 16.2. The Bertz CT molecular complexity index is 482. The lowest BCUT2D eigenvalue weighted by molar-refractivity contribution is -0.134. The molecule has 102 valence electrons. The molecule has 0 bridgehead atoms. The highest BCUT2D eigenvalue weighted by Crippen LogP contribution is 2.21. The Labute approximate surface area is 113 Å². The molecule has 5 nitrogen and oxygen atoms in total.